The van der Waals surface area contributed by atoms with Crippen LogP contribution < -0.4 is 0 Å². The minimum atomic E-state index is -0.826. The number of pyridine rings is 2. The van der Waals surface area contributed by atoms with E-state index in [2.05, 4.69) is 96.6 Å². The van der Waals surface area contributed by atoms with Gasteiger partial charge < -0.3 is 0 Å². The second kappa shape index (κ2) is 16.8. The number of nitrogens with zero attached hydrogens (tertiary/aromatic N) is 2. The van der Waals surface area contributed by atoms with E-state index in [9.17, 15) is 0 Å². The molecule has 0 aliphatic carbocycles. The van der Waals surface area contributed by atoms with E-state index in [1.165, 1.54) is 82.3 Å². The Balaban J connectivity index is 0.000000173. The van der Waals surface area contributed by atoms with Crippen LogP contribution in [-0.4, -0.2) is 9.97 Å². The van der Waals surface area contributed by atoms with Gasteiger partial charge in [0.05, 0.1) is 11.4 Å². The molecule has 0 bridgehead atoms. The number of hydrogen-bond acceptors (Lipinski definition) is 2. The van der Waals surface area contributed by atoms with Gasteiger partial charge >= 0.3 is 37.9 Å². The van der Waals surface area contributed by atoms with E-state index in [0.29, 0.717) is 0 Å². The summed E-state index contributed by atoms with van der Waals surface area (Å²) in [6, 6.07) is 34.4. The number of aromatic nitrogens is 2. The molecule has 0 aliphatic heterocycles. The molecule has 0 saturated carbocycles. The first-order chi connectivity index (χ1) is 20.2. The van der Waals surface area contributed by atoms with Crippen molar-refractivity contribution in [2.24, 2.45) is 0 Å². The molecule has 41 heavy (non-hydrogen) atoms. The van der Waals surface area contributed by atoms with Crippen LogP contribution in [0.3, 0.4) is 0 Å². The number of hydrogen-bond donors (Lipinski definition) is 0. The molecule has 2 aromatic heterocycles. The summed E-state index contributed by atoms with van der Waals surface area (Å²) in [5.41, 5.74) is 7.48. The van der Waals surface area contributed by atoms with Crippen LogP contribution in [0, 0.1) is 0 Å². The third-order valence-corrected chi connectivity index (χ3v) is 7.14. The third-order valence-electron chi connectivity index (χ3n) is 7.14. The molecular weight excluding hydrogens is 623 g/mol. The maximum atomic E-state index is 4.93. The number of aryl methyl sites for hydroxylation is 2. The van der Waals surface area contributed by atoms with Crippen LogP contribution in [0.4, 0.5) is 0 Å². The Morgan fingerprint density at radius 3 is 1.41 bits per heavy atom. The summed E-state index contributed by atoms with van der Waals surface area (Å²) < 4.78 is 0. The van der Waals surface area contributed by atoms with Gasteiger partial charge in [0.15, 0.2) is 0 Å². The summed E-state index contributed by atoms with van der Waals surface area (Å²) in [5.74, 6) is 0. The minimum absolute atomic E-state index is 0.826. The predicted molar refractivity (Wildman–Crippen MR) is 174 cm³/mol. The van der Waals surface area contributed by atoms with E-state index < -0.39 is 20.8 Å². The molecule has 0 atom stereocenters. The summed E-state index contributed by atoms with van der Waals surface area (Å²) in [4.78, 5) is 8.94. The van der Waals surface area contributed by atoms with Crippen molar-refractivity contribution < 1.29 is 20.8 Å². The standard InChI is InChI=1S/2C18H18N.2ClH.Zr/c2*1-2-3-7-14-12-15-8-6-9-16(17(15)13-14)18-10-4-5-11-19-18;;;/h2*4-6,8-13H,2-3,7H2,1H3;2*1H;/q2*-1;;;+4/p-2. The average molecular weight is 659 g/mol. The fourth-order valence-electron chi connectivity index (χ4n) is 5.13. The summed E-state index contributed by atoms with van der Waals surface area (Å²) in [5, 5.41) is 5.31. The van der Waals surface area contributed by atoms with Crippen molar-refractivity contribution in [3.63, 3.8) is 0 Å². The van der Waals surface area contributed by atoms with Crippen LogP contribution >= 0.6 is 17.0 Å². The average Bonchev–Trinajstić information content (AvgIpc) is 3.64. The molecule has 0 fully saturated rings. The van der Waals surface area contributed by atoms with Gasteiger partial charge in [-0.25, -0.2) is 0 Å². The van der Waals surface area contributed by atoms with E-state index in [1.54, 1.807) is 0 Å². The SMILES string of the molecule is CCCCc1cc2c(-c3ccccn3)cccc2[cH-]1.CCCCc1cc2c(-c3ccccn3)cccc2[cH-]1.[Cl][Zr+2][Cl]. The molecular formula is C36H36Cl2N2Zr. The van der Waals surface area contributed by atoms with Gasteiger partial charge in [0.25, 0.3) is 0 Å². The monoisotopic (exact) mass is 656 g/mol. The summed E-state index contributed by atoms with van der Waals surface area (Å²) >= 11 is -0.826. The molecule has 0 saturated heterocycles. The zero-order valence-electron chi connectivity index (χ0n) is 23.8. The molecule has 6 aromatic rings. The van der Waals surface area contributed by atoms with Crippen molar-refractivity contribution >= 4 is 38.6 Å². The Kier molecular flexibility index (Phi) is 12.8. The summed E-state index contributed by atoms with van der Waals surface area (Å²) in [7, 11) is 9.87. The van der Waals surface area contributed by atoms with Crippen molar-refractivity contribution in [3.05, 3.63) is 121 Å². The molecule has 6 rings (SSSR count). The van der Waals surface area contributed by atoms with Crippen molar-refractivity contribution in [1.29, 1.82) is 0 Å². The summed E-state index contributed by atoms with van der Waals surface area (Å²) in [6.07, 6.45) is 11.1. The van der Waals surface area contributed by atoms with Gasteiger partial charge in [0.2, 0.25) is 0 Å². The van der Waals surface area contributed by atoms with E-state index >= 15 is 0 Å². The van der Waals surface area contributed by atoms with Crippen molar-refractivity contribution in [3.8, 4) is 22.5 Å². The van der Waals surface area contributed by atoms with Crippen molar-refractivity contribution in [1.82, 2.24) is 9.97 Å². The van der Waals surface area contributed by atoms with Gasteiger partial charge in [0, 0.05) is 12.4 Å². The number of benzene rings is 2. The molecule has 0 amide bonds. The predicted octanol–water partition coefficient (Wildman–Crippen LogP) is 11.3. The van der Waals surface area contributed by atoms with E-state index in [-0.39, 0.29) is 0 Å². The zero-order valence-corrected chi connectivity index (χ0v) is 27.8. The number of fused-ring (bicyclic) bond motifs is 2. The number of rotatable bonds is 8. The molecule has 0 unspecified atom stereocenters. The topological polar surface area (TPSA) is 25.8 Å². The van der Waals surface area contributed by atoms with Crippen LogP contribution in [0.1, 0.15) is 50.7 Å². The Labute approximate surface area is 263 Å². The van der Waals surface area contributed by atoms with E-state index in [4.69, 9.17) is 17.0 Å². The Morgan fingerprint density at radius 2 is 1.05 bits per heavy atom. The van der Waals surface area contributed by atoms with Crippen LogP contribution in [0.25, 0.3) is 44.1 Å². The molecule has 5 heteroatoms. The zero-order chi connectivity index (χ0) is 28.9. The first-order valence-corrected chi connectivity index (χ1v) is 20.7. The summed E-state index contributed by atoms with van der Waals surface area (Å²) in [6.45, 7) is 4.48. The van der Waals surface area contributed by atoms with Gasteiger partial charge in [0.1, 0.15) is 0 Å². The normalized spacial score (nSPS) is 10.4. The fourth-order valence-corrected chi connectivity index (χ4v) is 5.13. The number of halogens is 2. The van der Waals surface area contributed by atoms with Crippen molar-refractivity contribution in [2.75, 3.05) is 0 Å². The van der Waals surface area contributed by atoms with Gasteiger partial charge in [-0.2, -0.15) is 12.1 Å². The third kappa shape index (κ3) is 8.71. The molecule has 0 aliphatic rings. The second-order valence-electron chi connectivity index (χ2n) is 10.1. The van der Waals surface area contributed by atoms with Gasteiger partial charge in [-0.3, -0.25) is 9.97 Å². The van der Waals surface area contributed by atoms with Gasteiger partial charge in [-0.1, -0.05) is 63.8 Å². The van der Waals surface area contributed by atoms with Crippen molar-refractivity contribution in [2.45, 2.75) is 52.4 Å². The van der Waals surface area contributed by atoms with Gasteiger partial charge in [-0.05, 0) is 48.2 Å². The first-order valence-electron chi connectivity index (χ1n) is 14.3. The Morgan fingerprint density at radius 1 is 0.610 bits per heavy atom. The molecule has 208 valence electrons. The second-order valence-corrected chi connectivity index (χ2v) is 13.8. The molecule has 4 aromatic carbocycles. The van der Waals surface area contributed by atoms with Crippen LogP contribution in [0.5, 0.6) is 0 Å². The maximum absolute atomic E-state index is 4.93. The molecule has 0 radical (unpaired) electrons. The van der Waals surface area contributed by atoms with Crippen LogP contribution in [-0.2, 0) is 33.7 Å². The molecule has 2 heterocycles. The fraction of sp³-hybridized carbons (Fsp3) is 0.222. The Bertz CT molecular complexity index is 1490. The molecule has 0 spiro atoms. The van der Waals surface area contributed by atoms with Crippen LogP contribution in [0.15, 0.2) is 109 Å². The first kappa shape index (κ1) is 31.4. The quantitative estimate of drug-likeness (QED) is 0.152. The molecule has 0 N–H and O–H groups in total. The van der Waals surface area contributed by atoms with Gasteiger partial charge in [-0.15, -0.1) is 69.1 Å². The molecule has 2 nitrogen and oxygen atoms in total. The van der Waals surface area contributed by atoms with E-state index in [0.717, 1.165) is 11.4 Å². The Hall–Kier alpha value is -2.58. The van der Waals surface area contributed by atoms with E-state index in [1.807, 2.05) is 36.7 Å². The number of unbranched alkanes of at least 4 members (excludes halogenated alkanes) is 2. The van der Waals surface area contributed by atoms with Crippen LogP contribution in [0.2, 0.25) is 0 Å².